The van der Waals surface area contributed by atoms with Gasteiger partial charge in [-0.2, -0.15) is 0 Å². The second-order valence-electron chi connectivity index (χ2n) is 6.31. The minimum Gasteiger partial charge on any atom is -0.444 e. The number of nitrogens with zero attached hydrogens (tertiary/aromatic N) is 2. The van der Waals surface area contributed by atoms with Crippen molar-refractivity contribution in [2.45, 2.75) is 32.8 Å². The zero-order chi connectivity index (χ0) is 18.2. The molecule has 0 saturated heterocycles. The van der Waals surface area contributed by atoms with Crippen LogP contribution in [0.5, 0.6) is 0 Å². The van der Waals surface area contributed by atoms with E-state index in [0.29, 0.717) is 31.9 Å². The number of hydrogen-bond donors (Lipinski definition) is 2. The maximum absolute atomic E-state index is 11.8. The Kier molecular flexibility index (Phi) is 8.14. The second-order valence-corrected chi connectivity index (χ2v) is 7.23. The molecule has 0 saturated carbocycles. The van der Waals surface area contributed by atoms with Crippen LogP contribution in [-0.4, -0.2) is 54.2 Å². The fraction of sp³-hybridized carbons (Fsp3) is 0.562. The fourth-order valence-corrected chi connectivity index (χ4v) is 2.02. The highest BCUT2D eigenvalue weighted by atomic mass is 79.9. The van der Waals surface area contributed by atoms with E-state index >= 15 is 0 Å². The number of rotatable bonds is 7. The molecule has 134 valence electrons. The van der Waals surface area contributed by atoms with Crippen LogP contribution in [0.2, 0.25) is 0 Å². The van der Waals surface area contributed by atoms with Gasteiger partial charge in [0.1, 0.15) is 11.4 Å². The van der Waals surface area contributed by atoms with Crippen molar-refractivity contribution < 1.29 is 14.3 Å². The van der Waals surface area contributed by atoms with Crippen molar-refractivity contribution in [3.63, 3.8) is 0 Å². The van der Waals surface area contributed by atoms with E-state index in [1.807, 2.05) is 20.8 Å². The van der Waals surface area contributed by atoms with E-state index in [4.69, 9.17) is 4.74 Å². The first kappa shape index (κ1) is 20.4. The molecule has 0 aliphatic carbocycles. The first-order valence-electron chi connectivity index (χ1n) is 7.73. The lowest BCUT2D eigenvalue weighted by atomic mass is 10.2. The van der Waals surface area contributed by atoms with Crippen molar-refractivity contribution in [1.29, 1.82) is 0 Å². The molecule has 1 rings (SSSR count). The van der Waals surface area contributed by atoms with E-state index in [1.165, 1.54) is 4.90 Å². The number of aromatic nitrogens is 1. The summed E-state index contributed by atoms with van der Waals surface area (Å²) in [6.45, 7) is 7.09. The van der Waals surface area contributed by atoms with Crippen LogP contribution in [0.4, 0.5) is 10.6 Å². The summed E-state index contributed by atoms with van der Waals surface area (Å²) in [4.78, 5) is 29.1. The van der Waals surface area contributed by atoms with Crippen LogP contribution in [0, 0.1) is 0 Å². The molecule has 0 radical (unpaired) electrons. The normalized spacial score (nSPS) is 11.0. The molecule has 0 aliphatic heterocycles. The van der Waals surface area contributed by atoms with Gasteiger partial charge in [0.25, 0.3) is 0 Å². The molecule has 1 aromatic rings. The van der Waals surface area contributed by atoms with Crippen molar-refractivity contribution in [1.82, 2.24) is 15.2 Å². The van der Waals surface area contributed by atoms with E-state index in [0.717, 1.165) is 4.47 Å². The summed E-state index contributed by atoms with van der Waals surface area (Å²) in [7, 11) is 1.68. The second kappa shape index (κ2) is 9.58. The van der Waals surface area contributed by atoms with Crippen molar-refractivity contribution >= 4 is 33.7 Å². The van der Waals surface area contributed by atoms with Gasteiger partial charge in [-0.1, -0.05) is 15.9 Å². The lowest BCUT2D eigenvalue weighted by Crippen LogP contribution is -2.38. The predicted octanol–water partition coefficient (Wildman–Crippen LogP) is 2.63. The molecule has 2 amide bonds. The van der Waals surface area contributed by atoms with Crippen LogP contribution in [-0.2, 0) is 9.53 Å². The molecule has 24 heavy (non-hydrogen) atoms. The maximum Gasteiger partial charge on any atom is 0.410 e. The molecule has 2 N–H and O–H groups in total. The third kappa shape index (κ3) is 8.83. The van der Waals surface area contributed by atoms with Crippen LogP contribution < -0.4 is 10.6 Å². The summed E-state index contributed by atoms with van der Waals surface area (Å²) in [5.41, 5.74) is -0.503. The number of pyridine rings is 1. The number of amides is 2. The number of anilines is 1. The minimum atomic E-state index is -0.503. The van der Waals surface area contributed by atoms with Gasteiger partial charge in [-0.15, -0.1) is 0 Å². The van der Waals surface area contributed by atoms with Crippen LogP contribution in [0.3, 0.4) is 0 Å². The largest absolute Gasteiger partial charge is 0.444 e. The van der Waals surface area contributed by atoms with Crippen molar-refractivity contribution in [3.8, 4) is 0 Å². The average Bonchev–Trinajstić information content (AvgIpc) is 2.44. The summed E-state index contributed by atoms with van der Waals surface area (Å²) < 4.78 is 6.11. The van der Waals surface area contributed by atoms with E-state index in [-0.39, 0.29) is 12.0 Å². The van der Waals surface area contributed by atoms with Gasteiger partial charge in [-0.05, 0) is 32.9 Å². The van der Waals surface area contributed by atoms with Gasteiger partial charge < -0.3 is 20.3 Å². The summed E-state index contributed by atoms with van der Waals surface area (Å²) in [5, 5.41) is 5.84. The molecular formula is C16H25BrN4O3. The molecule has 1 heterocycles. The zero-order valence-corrected chi connectivity index (χ0v) is 16.1. The van der Waals surface area contributed by atoms with E-state index < -0.39 is 5.60 Å². The fourth-order valence-electron chi connectivity index (χ4n) is 1.68. The molecule has 1 aromatic heterocycles. The Morgan fingerprint density at radius 2 is 2.04 bits per heavy atom. The number of halogens is 1. The van der Waals surface area contributed by atoms with E-state index in [2.05, 4.69) is 31.5 Å². The monoisotopic (exact) mass is 400 g/mol. The van der Waals surface area contributed by atoms with Crippen molar-refractivity contribution in [3.05, 3.63) is 22.8 Å². The molecular weight excluding hydrogens is 376 g/mol. The molecule has 0 fully saturated rings. The topological polar surface area (TPSA) is 83.6 Å². The number of carbonyl (C=O) groups is 2. The highest BCUT2D eigenvalue weighted by molar-refractivity contribution is 9.10. The van der Waals surface area contributed by atoms with Gasteiger partial charge in [-0.3, -0.25) is 4.79 Å². The number of ether oxygens (including phenoxy) is 1. The van der Waals surface area contributed by atoms with Crippen molar-refractivity contribution in [2.75, 3.05) is 32.0 Å². The van der Waals surface area contributed by atoms with Crippen LogP contribution in [0.15, 0.2) is 22.8 Å². The predicted molar refractivity (Wildman–Crippen MR) is 96.9 cm³/mol. The van der Waals surface area contributed by atoms with E-state index in [9.17, 15) is 9.59 Å². The first-order valence-corrected chi connectivity index (χ1v) is 8.53. The molecule has 0 aliphatic rings. The number of hydrogen-bond acceptors (Lipinski definition) is 5. The summed E-state index contributed by atoms with van der Waals surface area (Å²) in [6.07, 6.45) is 1.58. The quantitative estimate of drug-likeness (QED) is 0.687. The Morgan fingerprint density at radius 1 is 1.33 bits per heavy atom. The number of carbonyl (C=O) groups excluding carboxylic acids is 2. The Hall–Kier alpha value is -1.67. The van der Waals surface area contributed by atoms with Gasteiger partial charge in [0, 0.05) is 43.8 Å². The maximum atomic E-state index is 11.8. The molecule has 0 atom stereocenters. The van der Waals surface area contributed by atoms with E-state index in [1.54, 1.807) is 25.4 Å². The highest BCUT2D eigenvalue weighted by Crippen LogP contribution is 2.12. The number of likely N-dealkylation sites (N-methyl/N-ethyl adjacent to an activating group) is 1. The van der Waals surface area contributed by atoms with Crippen LogP contribution >= 0.6 is 15.9 Å². The summed E-state index contributed by atoms with van der Waals surface area (Å²) >= 11 is 3.32. The highest BCUT2D eigenvalue weighted by Gasteiger charge is 2.19. The third-order valence-electron chi connectivity index (χ3n) is 2.85. The van der Waals surface area contributed by atoms with Crippen LogP contribution in [0.1, 0.15) is 27.2 Å². The minimum absolute atomic E-state index is 0.117. The van der Waals surface area contributed by atoms with Gasteiger partial charge in [0.2, 0.25) is 5.91 Å². The third-order valence-corrected chi connectivity index (χ3v) is 3.34. The molecule has 0 spiro atoms. The Balaban J connectivity index is 2.17. The summed E-state index contributed by atoms with van der Waals surface area (Å²) in [6, 6.07) is 3.53. The smallest absolute Gasteiger partial charge is 0.410 e. The number of nitrogens with one attached hydrogen (secondary N) is 2. The van der Waals surface area contributed by atoms with Crippen molar-refractivity contribution in [2.24, 2.45) is 0 Å². The Bertz CT molecular complexity index is 560. The molecule has 0 bridgehead atoms. The molecule has 0 aromatic carbocycles. The first-order chi connectivity index (χ1) is 11.2. The molecule has 0 unspecified atom stereocenters. The van der Waals surface area contributed by atoms with Gasteiger partial charge in [-0.25, -0.2) is 9.78 Å². The Morgan fingerprint density at radius 3 is 2.67 bits per heavy atom. The molecule has 7 nitrogen and oxygen atoms in total. The van der Waals surface area contributed by atoms with Gasteiger partial charge in [0.15, 0.2) is 0 Å². The Labute approximate surface area is 151 Å². The van der Waals surface area contributed by atoms with Gasteiger partial charge in [0.05, 0.1) is 0 Å². The zero-order valence-electron chi connectivity index (χ0n) is 14.6. The van der Waals surface area contributed by atoms with Gasteiger partial charge >= 0.3 is 6.09 Å². The average molecular weight is 401 g/mol. The van der Waals surface area contributed by atoms with Crippen LogP contribution in [0.25, 0.3) is 0 Å². The SMILES string of the molecule is CN(CCNCCC(=O)Nc1cc(Br)ccn1)C(=O)OC(C)(C)C. The lowest BCUT2D eigenvalue weighted by Gasteiger charge is -2.24. The standard InChI is InChI=1S/C16H25BrN4O3/c1-16(2,3)24-15(23)21(4)10-9-18-7-6-14(22)20-13-11-12(17)5-8-19-13/h5,8,11,18H,6-7,9-10H2,1-4H3,(H,19,20,22). The lowest BCUT2D eigenvalue weighted by molar-refractivity contribution is -0.116. The molecule has 8 heteroatoms. The summed E-state index contributed by atoms with van der Waals surface area (Å²) in [5.74, 6) is 0.396.